The van der Waals surface area contributed by atoms with E-state index in [4.69, 9.17) is 10.1 Å². The molecule has 0 aliphatic carbocycles. The highest BCUT2D eigenvalue weighted by atomic mass is 19.1. The standard InChI is InChI=1S/C27H21F2N5O2/c28-20-5-1-17(2-6-20)24-22-15-34(14-13-31-23(36)16-35)33-27(22)32-26(19-3-7-21(29)8-4-19)25(24)18-9-11-30-12-10-18/h1-12,15,35H,13-14,16H2,(H,31,36). The maximum absolute atomic E-state index is 13.8. The molecule has 36 heavy (non-hydrogen) atoms. The molecule has 0 bridgehead atoms. The first-order valence-electron chi connectivity index (χ1n) is 11.2. The van der Waals surface area contributed by atoms with Crippen LogP contribution in [0.3, 0.4) is 0 Å². The van der Waals surface area contributed by atoms with Crippen molar-refractivity contribution < 1.29 is 18.7 Å². The minimum absolute atomic E-state index is 0.265. The van der Waals surface area contributed by atoms with E-state index in [-0.39, 0.29) is 18.2 Å². The van der Waals surface area contributed by atoms with Crippen molar-refractivity contribution in [3.8, 4) is 33.5 Å². The Bertz CT molecular complexity index is 1520. The average molecular weight is 485 g/mol. The van der Waals surface area contributed by atoms with Gasteiger partial charge in [0.1, 0.15) is 18.2 Å². The third-order valence-corrected chi connectivity index (χ3v) is 5.74. The molecule has 0 radical (unpaired) electrons. The van der Waals surface area contributed by atoms with Gasteiger partial charge >= 0.3 is 0 Å². The summed E-state index contributed by atoms with van der Waals surface area (Å²) >= 11 is 0. The summed E-state index contributed by atoms with van der Waals surface area (Å²) in [4.78, 5) is 20.4. The Kier molecular flexibility index (Phi) is 6.46. The van der Waals surface area contributed by atoms with Crippen LogP contribution in [0.25, 0.3) is 44.5 Å². The highest BCUT2D eigenvalue weighted by Gasteiger charge is 2.22. The Morgan fingerprint density at radius 2 is 1.47 bits per heavy atom. The molecule has 2 aromatic carbocycles. The van der Waals surface area contributed by atoms with E-state index in [1.807, 2.05) is 18.3 Å². The van der Waals surface area contributed by atoms with Gasteiger partial charge in [0.15, 0.2) is 5.65 Å². The molecule has 180 valence electrons. The van der Waals surface area contributed by atoms with Gasteiger partial charge in [-0.3, -0.25) is 14.5 Å². The third-order valence-electron chi connectivity index (χ3n) is 5.74. The van der Waals surface area contributed by atoms with Crippen LogP contribution in [0.2, 0.25) is 0 Å². The van der Waals surface area contributed by atoms with Gasteiger partial charge in [0, 0.05) is 47.2 Å². The van der Waals surface area contributed by atoms with Crippen LogP contribution in [0, 0.1) is 11.6 Å². The smallest absolute Gasteiger partial charge is 0.245 e. The number of fused-ring (bicyclic) bond motifs is 1. The van der Waals surface area contributed by atoms with Crippen molar-refractivity contribution in [1.29, 1.82) is 0 Å². The average Bonchev–Trinajstić information content (AvgIpc) is 3.31. The van der Waals surface area contributed by atoms with E-state index in [0.717, 1.165) is 27.6 Å². The fourth-order valence-corrected chi connectivity index (χ4v) is 4.10. The molecule has 0 aliphatic heterocycles. The molecule has 2 N–H and O–H groups in total. The highest BCUT2D eigenvalue weighted by Crippen LogP contribution is 2.42. The van der Waals surface area contributed by atoms with Crippen LogP contribution in [-0.2, 0) is 11.3 Å². The lowest BCUT2D eigenvalue weighted by Crippen LogP contribution is -2.29. The second kappa shape index (κ2) is 10.0. The number of halogens is 2. The number of hydrogen-bond acceptors (Lipinski definition) is 5. The van der Waals surface area contributed by atoms with Gasteiger partial charge in [-0.1, -0.05) is 12.1 Å². The quantitative estimate of drug-likeness (QED) is 0.360. The van der Waals surface area contributed by atoms with Gasteiger partial charge in [0.05, 0.1) is 12.2 Å². The number of pyridine rings is 2. The highest BCUT2D eigenvalue weighted by molar-refractivity contribution is 6.05. The van der Waals surface area contributed by atoms with Gasteiger partial charge in [-0.2, -0.15) is 5.10 Å². The molecule has 5 rings (SSSR count). The fourth-order valence-electron chi connectivity index (χ4n) is 4.10. The summed E-state index contributed by atoms with van der Waals surface area (Å²) in [6.07, 6.45) is 5.18. The molecule has 0 unspecified atom stereocenters. The second-order valence-corrected chi connectivity index (χ2v) is 8.10. The number of amides is 1. The Morgan fingerprint density at radius 3 is 2.11 bits per heavy atom. The molecule has 0 atom stereocenters. The minimum Gasteiger partial charge on any atom is -0.387 e. The van der Waals surface area contributed by atoms with Crippen molar-refractivity contribution in [3.63, 3.8) is 0 Å². The van der Waals surface area contributed by atoms with E-state index < -0.39 is 12.5 Å². The van der Waals surface area contributed by atoms with Crippen LogP contribution in [0.1, 0.15) is 0 Å². The molecule has 0 aliphatic rings. The molecule has 0 saturated carbocycles. The summed E-state index contributed by atoms with van der Waals surface area (Å²) < 4.78 is 29.2. The molecule has 0 fully saturated rings. The number of nitrogens with one attached hydrogen (secondary N) is 1. The van der Waals surface area contributed by atoms with Crippen LogP contribution in [0.4, 0.5) is 8.78 Å². The number of carbonyl (C=O) groups is 1. The molecule has 0 spiro atoms. The van der Waals surface area contributed by atoms with Gasteiger partial charge in [-0.15, -0.1) is 0 Å². The number of nitrogens with zero attached hydrogens (tertiary/aromatic N) is 4. The minimum atomic E-state index is -0.590. The number of benzene rings is 2. The normalized spacial score (nSPS) is 11.1. The third kappa shape index (κ3) is 4.69. The van der Waals surface area contributed by atoms with E-state index in [1.165, 1.54) is 24.3 Å². The first kappa shape index (κ1) is 23.3. The van der Waals surface area contributed by atoms with Crippen molar-refractivity contribution in [2.45, 2.75) is 6.54 Å². The summed E-state index contributed by atoms with van der Waals surface area (Å²) in [5, 5.41) is 16.9. The molecule has 3 heterocycles. The number of carbonyl (C=O) groups excluding carboxylic acids is 1. The van der Waals surface area contributed by atoms with Gasteiger partial charge in [0.2, 0.25) is 5.91 Å². The molecule has 3 aromatic heterocycles. The second-order valence-electron chi connectivity index (χ2n) is 8.10. The summed E-state index contributed by atoms with van der Waals surface area (Å²) in [5.41, 5.74) is 4.88. The zero-order valence-electron chi connectivity index (χ0n) is 19.0. The molecule has 0 saturated heterocycles. The monoisotopic (exact) mass is 485 g/mol. The maximum Gasteiger partial charge on any atom is 0.245 e. The predicted octanol–water partition coefficient (Wildman–Crippen LogP) is 4.21. The molecule has 9 heteroatoms. The Hall–Kier alpha value is -4.50. The van der Waals surface area contributed by atoms with E-state index in [9.17, 15) is 13.6 Å². The number of hydrogen-bond donors (Lipinski definition) is 2. The van der Waals surface area contributed by atoms with Gasteiger partial charge in [-0.25, -0.2) is 13.8 Å². The predicted molar refractivity (Wildman–Crippen MR) is 132 cm³/mol. The summed E-state index contributed by atoms with van der Waals surface area (Å²) in [6, 6.07) is 16.0. The van der Waals surface area contributed by atoms with E-state index in [0.29, 0.717) is 23.4 Å². The first-order valence-corrected chi connectivity index (χ1v) is 11.2. The number of rotatable bonds is 7. The SMILES string of the molecule is O=C(CO)NCCn1cc2c(-c3ccc(F)cc3)c(-c3ccncc3)c(-c3ccc(F)cc3)nc2n1. The van der Waals surface area contributed by atoms with Crippen molar-refractivity contribution in [2.75, 3.05) is 13.2 Å². The van der Waals surface area contributed by atoms with Crippen molar-refractivity contribution in [2.24, 2.45) is 0 Å². The van der Waals surface area contributed by atoms with Crippen molar-refractivity contribution in [1.82, 2.24) is 25.1 Å². The largest absolute Gasteiger partial charge is 0.387 e. The van der Waals surface area contributed by atoms with E-state index in [2.05, 4.69) is 15.4 Å². The first-order chi connectivity index (χ1) is 17.5. The molecule has 7 nitrogen and oxygen atoms in total. The van der Waals surface area contributed by atoms with Gasteiger partial charge < -0.3 is 10.4 Å². The Balaban J connectivity index is 1.77. The number of aromatic nitrogens is 4. The Morgan fingerprint density at radius 1 is 0.861 bits per heavy atom. The van der Waals surface area contributed by atoms with E-state index in [1.54, 1.807) is 41.3 Å². The Labute approximate surface area is 205 Å². The summed E-state index contributed by atoms with van der Waals surface area (Å²) in [6.45, 7) is 0.0242. The number of aliphatic hydroxyl groups is 1. The van der Waals surface area contributed by atoms with Crippen LogP contribution < -0.4 is 5.32 Å². The zero-order valence-corrected chi connectivity index (χ0v) is 19.0. The molecule has 5 aromatic rings. The van der Waals surface area contributed by atoms with Gasteiger partial charge in [-0.05, 0) is 59.7 Å². The fraction of sp³-hybridized carbons (Fsp3) is 0.111. The van der Waals surface area contributed by atoms with Crippen molar-refractivity contribution in [3.05, 3.63) is 90.9 Å². The zero-order chi connectivity index (χ0) is 25.1. The van der Waals surface area contributed by atoms with Gasteiger partial charge in [0.25, 0.3) is 0 Å². The lowest BCUT2D eigenvalue weighted by molar-refractivity contribution is -0.123. The lowest BCUT2D eigenvalue weighted by atomic mass is 9.90. The van der Waals surface area contributed by atoms with Crippen LogP contribution in [0.15, 0.2) is 79.3 Å². The topological polar surface area (TPSA) is 92.9 Å². The molecule has 1 amide bonds. The van der Waals surface area contributed by atoms with Crippen molar-refractivity contribution >= 4 is 16.9 Å². The van der Waals surface area contributed by atoms with Crippen LogP contribution in [-0.4, -0.2) is 43.9 Å². The number of aliphatic hydroxyl groups excluding tert-OH is 1. The lowest BCUT2D eigenvalue weighted by Gasteiger charge is -2.16. The molecular weight excluding hydrogens is 464 g/mol. The summed E-state index contributed by atoms with van der Waals surface area (Å²) in [5.74, 6) is -1.20. The summed E-state index contributed by atoms with van der Waals surface area (Å²) in [7, 11) is 0. The molecular formula is C27H21F2N5O2. The van der Waals surface area contributed by atoms with E-state index >= 15 is 0 Å². The van der Waals surface area contributed by atoms with Crippen LogP contribution >= 0.6 is 0 Å². The van der Waals surface area contributed by atoms with Crippen LogP contribution in [0.5, 0.6) is 0 Å². The maximum atomic E-state index is 13.8.